The zero-order valence-corrected chi connectivity index (χ0v) is 13.0. The van der Waals surface area contributed by atoms with Gasteiger partial charge in [-0.1, -0.05) is 40.5 Å². The molecule has 0 rings (SSSR count). The second kappa shape index (κ2) is 8.26. The molecule has 0 saturated carbocycles. The summed E-state index contributed by atoms with van der Waals surface area (Å²) in [5.41, 5.74) is 1.17. The van der Waals surface area contributed by atoms with E-state index in [0.717, 1.165) is 19.6 Å². The monoisotopic (exact) mass is 246 g/mol. The molecule has 2 atom stereocenters. The van der Waals surface area contributed by atoms with Crippen LogP contribution in [0.3, 0.4) is 0 Å². The van der Waals surface area contributed by atoms with E-state index in [1.165, 1.54) is 12.8 Å². The highest BCUT2D eigenvalue weighted by Gasteiger charge is 2.46. The van der Waals surface area contributed by atoms with E-state index in [1.807, 2.05) is 0 Å². The van der Waals surface area contributed by atoms with Gasteiger partial charge in [-0.05, 0) is 25.8 Å². The molecule has 0 aromatic heterocycles. The topological polar surface area (TPSA) is 18.5 Å². The third-order valence-electron chi connectivity index (χ3n) is 3.45. The van der Waals surface area contributed by atoms with Crippen molar-refractivity contribution in [3.63, 3.8) is 0 Å². The minimum absolute atomic E-state index is 0.578. The van der Waals surface area contributed by atoms with Crippen molar-refractivity contribution in [1.29, 1.82) is 0 Å². The summed E-state index contributed by atoms with van der Waals surface area (Å²) in [6.45, 7) is 14.8. The summed E-state index contributed by atoms with van der Waals surface area (Å²) in [7, 11) is -2.02. The average Bonchev–Trinajstić information content (AvgIpc) is 2.27. The van der Waals surface area contributed by atoms with Crippen molar-refractivity contribution in [2.75, 3.05) is 13.2 Å². The van der Waals surface area contributed by atoms with E-state index in [1.54, 1.807) is 0 Å². The van der Waals surface area contributed by atoms with Crippen LogP contribution in [-0.4, -0.2) is 21.8 Å². The first-order chi connectivity index (χ1) is 7.58. The number of rotatable bonds is 9. The van der Waals surface area contributed by atoms with Gasteiger partial charge in [-0.3, -0.25) is 0 Å². The molecule has 16 heavy (non-hydrogen) atoms. The molecule has 3 heteroatoms. The smallest absolute Gasteiger partial charge is 0.343 e. The van der Waals surface area contributed by atoms with E-state index in [0.29, 0.717) is 11.1 Å². The molecule has 0 amide bonds. The van der Waals surface area contributed by atoms with E-state index in [4.69, 9.17) is 8.85 Å². The van der Waals surface area contributed by atoms with E-state index in [2.05, 4.69) is 41.5 Å². The largest absolute Gasteiger partial charge is 0.394 e. The van der Waals surface area contributed by atoms with Gasteiger partial charge in [-0.2, -0.15) is 0 Å². The van der Waals surface area contributed by atoms with Crippen LogP contribution in [0.5, 0.6) is 0 Å². The second-order valence-electron chi connectivity index (χ2n) is 4.59. The summed E-state index contributed by atoms with van der Waals surface area (Å²) in [5.74, 6) is 0. The highest BCUT2D eigenvalue weighted by atomic mass is 28.4. The summed E-state index contributed by atoms with van der Waals surface area (Å²) in [6, 6.07) is 0. The Bertz CT molecular complexity index is 167. The Labute approximate surface area is 103 Å². The van der Waals surface area contributed by atoms with Gasteiger partial charge in [0, 0.05) is 18.8 Å². The summed E-state index contributed by atoms with van der Waals surface area (Å²) >= 11 is 0. The van der Waals surface area contributed by atoms with Crippen molar-refractivity contribution in [3.05, 3.63) is 0 Å². The molecule has 0 saturated heterocycles. The van der Waals surface area contributed by atoms with Crippen molar-refractivity contribution < 1.29 is 8.85 Å². The average molecular weight is 246 g/mol. The van der Waals surface area contributed by atoms with Crippen molar-refractivity contribution in [2.45, 2.75) is 71.9 Å². The summed E-state index contributed by atoms with van der Waals surface area (Å²) in [4.78, 5) is 0. The van der Waals surface area contributed by atoms with Gasteiger partial charge >= 0.3 is 8.56 Å². The molecule has 0 aliphatic carbocycles. The lowest BCUT2D eigenvalue weighted by Crippen LogP contribution is -2.49. The molecule has 0 N–H and O–H groups in total. The molecule has 0 bridgehead atoms. The maximum Gasteiger partial charge on any atom is 0.343 e. The molecular weight excluding hydrogens is 216 g/mol. The van der Waals surface area contributed by atoms with Crippen LogP contribution in [0.2, 0.25) is 11.1 Å². The van der Waals surface area contributed by atoms with Crippen LogP contribution in [0.15, 0.2) is 0 Å². The van der Waals surface area contributed by atoms with Gasteiger partial charge in [-0.15, -0.1) is 0 Å². The van der Waals surface area contributed by atoms with Crippen molar-refractivity contribution >= 4 is 8.56 Å². The fourth-order valence-electron chi connectivity index (χ4n) is 2.47. The van der Waals surface area contributed by atoms with E-state index >= 15 is 0 Å². The Morgan fingerprint density at radius 1 is 0.875 bits per heavy atom. The van der Waals surface area contributed by atoms with E-state index in [9.17, 15) is 0 Å². The zero-order chi connectivity index (χ0) is 12.6. The minimum atomic E-state index is -2.02. The van der Waals surface area contributed by atoms with Crippen LogP contribution in [0.1, 0.15) is 60.8 Å². The summed E-state index contributed by atoms with van der Waals surface area (Å²) in [6.07, 6.45) is 3.59. The molecule has 0 heterocycles. The normalized spacial score (nSPS) is 16.1. The molecule has 0 aliphatic rings. The van der Waals surface area contributed by atoms with Gasteiger partial charge < -0.3 is 8.85 Å². The lowest BCUT2D eigenvalue weighted by atomic mass is 10.3. The molecule has 0 aromatic carbocycles. The van der Waals surface area contributed by atoms with Crippen LogP contribution in [0.25, 0.3) is 0 Å². The number of hydrogen-bond donors (Lipinski definition) is 0. The third-order valence-corrected chi connectivity index (χ3v) is 8.37. The molecule has 0 aliphatic heterocycles. The van der Waals surface area contributed by atoms with Gasteiger partial charge in [0.2, 0.25) is 0 Å². The minimum Gasteiger partial charge on any atom is -0.394 e. The predicted octanol–water partition coefficient (Wildman–Crippen LogP) is 4.49. The van der Waals surface area contributed by atoms with Crippen LogP contribution in [-0.2, 0) is 8.85 Å². The van der Waals surface area contributed by atoms with Crippen LogP contribution >= 0.6 is 0 Å². The summed E-state index contributed by atoms with van der Waals surface area (Å²) in [5, 5.41) is 0. The first-order valence-corrected chi connectivity index (χ1v) is 8.83. The van der Waals surface area contributed by atoms with Crippen molar-refractivity contribution in [3.8, 4) is 0 Å². The quantitative estimate of drug-likeness (QED) is 0.558. The van der Waals surface area contributed by atoms with Gasteiger partial charge in [0.25, 0.3) is 0 Å². The van der Waals surface area contributed by atoms with E-state index < -0.39 is 8.56 Å². The zero-order valence-electron chi connectivity index (χ0n) is 12.0. The second-order valence-corrected chi connectivity index (χ2v) is 8.58. The Hall–Kier alpha value is 0.137. The number of hydrogen-bond acceptors (Lipinski definition) is 2. The van der Waals surface area contributed by atoms with Gasteiger partial charge in [-0.25, -0.2) is 0 Å². The molecule has 0 fully saturated rings. The lowest BCUT2D eigenvalue weighted by Gasteiger charge is -2.39. The fraction of sp³-hybridized carbons (Fsp3) is 1.00. The lowest BCUT2D eigenvalue weighted by molar-refractivity contribution is 0.161. The molecule has 0 radical (unpaired) electrons. The Morgan fingerprint density at radius 2 is 1.38 bits per heavy atom. The predicted molar refractivity (Wildman–Crippen MR) is 73.1 cm³/mol. The van der Waals surface area contributed by atoms with Crippen LogP contribution in [0, 0.1) is 0 Å². The van der Waals surface area contributed by atoms with E-state index in [-0.39, 0.29) is 0 Å². The highest BCUT2D eigenvalue weighted by Crippen LogP contribution is 2.39. The molecule has 0 aromatic rings. The third kappa shape index (κ3) is 3.86. The summed E-state index contributed by atoms with van der Waals surface area (Å²) < 4.78 is 12.3. The highest BCUT2D eigenvalue weighted by molar-refractivity contribution is 6.70. The fourth-order valence-corrected chi connectivity index (χ4v) is 6.82. The standard InChI is InChI=1S/C13H30O2Si/c1-7-11-13(6)16(14-9-3,15-10-4)12(5)8-2/h12-13H,7-11H2,1-6H3. The van der Waals surface area contributed by atoms with Crippen molar-refractivity contribution in [2.24, 2.45) is 0 Å². The molecule has 2 unspecified atom stereocenters. The first kappa shape index (κ1) is 16.1. The van der Waals surface area contributed by atoms with Gasteiger partial charge in [0.05, 0.1) is 0 Å². The molecule has 98 valence electrons. The molecule has 0 spiro atoms. The first-order valence-electron chi connectivity index (χ1n) is 6.86. The Balaban J connectivity index is 4.89. The van der Waals surface area contributed by atoms with Gasteiger partial charge in [0.1, 0.15) is 0 Å². The van der Waals surface area contributed by atoms with Gasteiger partial charge in [0.15, 0.2) is 0 Å². The van der Waals surface area contributed by atoms with Crippen LogP contribution < -0.4 is 0 Å². The van der Waals surface area contributed by atoms with Crippen molar-refractivity contribution in [1.82, 2.24) is 0 Å². The Kier molecular flexibility index (Phi) is 8.33. The maximum absolute atomic E-state index is 6.15. The Morgan fingerprint density at radius 3 is 1.69 bits per heavy atom. The maximum atomic E-state index is 6.15. The SMILES string of the molecule is CCCC(C)[Si](OCC)(OCC)C(C)CC. The van der Waals surface area contributed by atoms with Crippen LogP contribution in [0.4, 0.5) is 0 Å². The molecular formula is C13H30O2Si. The molecule has 2 nitrogen and oxygen atoms in total.